The molecule has 31 heavy (non-hydrogen) atoms. The molecule has 2 aliphatic rings. The molecule has 3 aromatic rings. The van der Waals surface area contributed by atoms with Crippen molar-refractivity contribution < 1.29 is 4.79 Å². The highest BCUT2D eigenvalue weighted by Crippen LogP contribution is 2.32. The van der Waals surface area contributed by atoms with E-state index < -0.39 is 0 Å². The average molecular weight is 422 g/mol. The number of H-pyrrole nitrogens is 2. The number of amides is 1. The van der Waals surface area contributed by atoms with Crippen molar-refractivity contribution in [3.8, 4) is 0 Å². The summed E-state index contributed by atoms with van der Waals surface area (Å²) in [7, 11) is 0. The lowest BCUT2D eigenvalue weighted by molar-refractivity contribution is -0.117. The Bertz CT molecular complexity index is 1070. The first kappa shape index (κ1) is 19.5. The third-order valence-corrected chi connectivity index (χ3v) is 5.94. The fourth-order valence-electron chi connectivity index (χ4n) is 4.28. The Morgan fingerprint density at radius 1 is 1.26 bits per heavy atom. The van der Waals surface area contributed by atoms with Gasteiger partial charge in [0, 0.05) is 36.3 Å². The second-order valence-corrected chi connectivity index (χ2v) is 8.42. The molecule has 0 aromatic carbocycles. The van der Waals surface area contributed by atoms with Gasteiger partial charge >= 0.3 is 0 Å². The van der Waals surface area contributed by atoms with Gasteiger partial charge in [-0.05, 0) is 38.0 Å². The fourth-order valence-corrected chi connectivity index (χ4v) is 4.28. The molecule has 1 fully saturated rings. The highest BCUT2D eigenvalue weighted by atomic mass is 16.2. The van der Waals surface area contributed by atoms with Gasteiger partial charge in [0.1, 0.15) is 11.9 Å². The minimum Gasteiger partial charge on any atom is -0.331 e. The van der Waals surface area contributed by atoms with Crippen LogP contribution in [0.2, 0.25) is 0 Å². The Morgan fingerprint density at radius 3 is 2.94 bits per heavy atom. The van der Waals surface area contributed by atoms with Crippen LogP contribution < -0.4 is 15.5 Å². The summed E-state index contributed by atoms with van der Waals surface area (Å²) in [4.78, 5) is 31.6. The second kappa shape index (κ2) is 8.01. The van der Waals surface area contributed by atoms with E-state index in [1.165, 1.54) is 0 Å². The number of rotatable bonds is 6. The molecule has 1 aliphatic heterocycles. The van der Waals surface area contributed by atoms with Gasteiger partial charge in [-0.15, -0.1) is 0 Å². The number of fused-ring (bicyclic) bond motifs is 1. The van der Waals surface area contributed by atoms with Gasteiger partial charge in [0.15, 0.2) is 5.82 Å². The van der Waals surface area contributed by atoms with Gasteiger partial charge in [0.05, 0.1) is 5.69 Å². The summed E-state index contributed by atoms with van der Waals surface area (Å²) in [6, 6.07) is 1.69. The van der Waals surface area contributed by atoms with Crippen LogP contribution in [0.3, 0.4) is 0 Å². The van der Waals surface area contributed by atoms with Crippen molar-refractivity contribution in [1.82, 2.24) is 30.1 Å². The molecule has 0 saturated carbocycles. The van der Waals surface area contributed by atoms with Crippen molar-refractivity contribution in [1.29, 1.82) is 0 Å². The molecule has 1 aliphatic carbocycles. The van der Waals surface area contributed by atoms with Gasteiger partial charge < -0.3 is 15.2 Å². The van der Waals surface area contributed by atoms with Gasteiger partial charge in [0.2, 0.25) is 17.8 Å². The first-order valence-electron chi connectivity index (χ1n) is 10.9. The molecule has 1 amide bonds. The van der Waals surface area contributed by atoms with Crippen molar-refractivity contribution >= 4 is 29.4 Å². The molecule has 0 radical (unpaired) electrons. The summed E-state index contributed by atoms with van der Waals surface area (Å²) in [6.45, 7) is 4.99. The predicted octanol–water partition coefficient (Wildman–Crippen LogP) is 2.89. The zero-order valence-electron chi connectivity index (χ0n) is 17.8. The maximum absolute atomic E-state index is 12.9. The van der Waals surface area contributed by atoms with Gasteiger partial charge in [-0.3, -0.25) is 15.2 Å². The van der Waals surface area contributed by atoms with E-state index in [4.69, 9.17) is 9.97 Å². The van der Waals surface area contributed by atoms with Crippen molar-refractivity contribution in [2.75, 3.05) is 22.1 Å². The van der Waals surface area contributed by atoms with E-state index in [0.717, 1.165) is 67.2 Å². The number of hydrogen-bond acceptors (Lipinski definition) is 7. The van der Waals surface area contributed by atoms with Gasteiger partial charge in [-0.1, -0.05) is 13.8 Å². The van der Waals surface area contributed by atoms with Crippen molar-refractivity contribution in [3.63, 3.8) is 0 Å². The minimum absolute atomic E-state index is 0.0973. The number of imidazole rings is 1. The summed E-state index contributed by atoms with van der Waals surface area (Å²) in [5.41, 5.74) is 3.28. The standard InChI is InChI=1S/C21H27N9O/c1-12(2)15-11-17(29-28-15)25-18-13-5-3-6-14(13)24-21(26-18)30-10-4-7-16(30)19(31)27-20-22-8-9-23-20/h8-9,11-12,16H,3-7,10H2,1-2H3,(H2,22,23,27,31)(H2,24,25,26,28,29). The van der Waals surface area contributed by atoms with E-state index >= 15 is 0 Å². The van der Waals surface area contributed by atoms with Gasteiger partial charge in [-0.2, -0.15) is 10.1 Å². The maximum atomic E-state index is 12.9. The lowest BCUT2D eigenvalue weighted by Gasteiger charge is -2.24. The Balaban J connectivity index is 1.42. The lowest BCUT2D eigenvalue weighted by Crippen LogP contribution is -2.41. The number of carbonyl (C=O) groups is 1. The van der Waals surface area contributed by atoms with Gasteiger partial charge in [0.25, 0.3) is 0 Å². The summed E-state index contributed by atoms with van der Waals surface area (Å²) in [5.74, 6) is 2.86. The van der Waals surface area contributed by atoms with Crippen molar-refractivity contribution in [2.24, 2.45) is 0 Å². The maximum Gasteiger partial charge on any atom is 0.249 e. The number of aromatic nitrogens is 6. The first-order valence-corrected chi connectivity index (χ1v) is 10.9. The minimum atomic E-state index is -0.324. The molecule has 4 N–H and O–H groups in total. The highest BCUT2D eigenvalue weighted by Gasteiger charge is 2.34. The molecule has 3 aromatic heterocycles. The van der Waals surface area contributed by atoms with E-state index in [2.05, 4.69) is 44.6 Å². The second-order valence-electron chi connectivity index (χ2n) is 8.42. The summed E-state index contributed by atoms with van der Waals surface area (Å²) < 4.78 is 0. The molecule has 1 atom stereocenters. The van der Waals surface area contributed by atoms with Crippen LogP contribution in [0.1, 0.15) is 56.0 Å². The van der Waals surface area contributed by atoms with E-state index in [-0.39, 0.29) is 11.9 Å². The zero-order valence-corrected chi connectivity index (χ0v) is 17.8. The molecule has 0 spiro atoms. The molecule has 4 heterocycles. The third-order valence-electron chi connectivity index (χ3n) is 5.94. The monoisotopic (exact) mass is 421 g/mol. The molecule has 1 saturated heterocycles. The predicted molar refractivity (Wildman–Crippen MR) is 118 cm³/mol. The number of carbonyl (C=O) groups excluding carboxylic acids is 1. The molecule has 0 bridgehead atoms. The van der Waals surface area contributed by atoms with E-state index in [0.29, 0.717) is 17.8 Å². The van der Waals surface area contributed by atoms with E-state index in [1.54, 1.807) is 12.4 Å². The number of aryl methyl sites for hydroxylation is 1. The Morgan fingerprint density at radius 2 is 2.16 bits per heavy atom. The Kier molecular flexibility index (Phi) is 5.05. The zero-order chi connectivity index (χ0) is 21.4. The van der Waals surface area contributed by atoms with Crippen LogP contribution in [0, 0.1) is 0 Å². The van der Waals surface area contributed by atoms with Gasteiger partial charge in [-0.25, -0.2) is 9.97 Å². The number of nitrogens with one attached hydrogen (secondary N) is 4. The van der Waals surface area contributed by atoms with Crippen LogP contribution in [0.5, 0.6) is 0 Å². The number of anilines is 4. The number of hydrogen-bond donors (Lipinski definition) is 4. The van der Waals surface area contributed by atoms with Crippen LogP contribution in [0.25, 0.3) is 0 Å². The van der Waals surface area contributed by atoms with E-state index in [1.807, 2.05) is 11.0 Å². The summed E-state index contributed by atoms with van der Waals surface area (Å²) >= 11 is 0. The van der Waals surface area contributed by atoms with Crippen LogP contribution in [0.4, 0.5) is 23.5 Å². The molecule has 5 rings (SSSR count). The smallest absolute Gasteiger partial charge is 0.249 e. The average Bonchev–Trinajstić information content (AvgIpc) is 3.53. The quantitative estimate of drug-likeness (QED) is 0.482. The molecule has 1 unspecified atom stereocenters. The lowest BCUT2D eigenvalue weighted by atomic mass is 10.1. The summed E-state index contributed by atoms with van der Waals surface area (Å²) in [6.07, 6.45) is 7.90. The molecule has 10 nitrogen and oxygen atoms in total. The van der Waals surface area contributed by atoms with Crippen LogP contribution in [-0.2, 0) is 17.6 Å². The molecule has 162 valence electrons. The highest BCUT2D eigenvalue weighted by molar-refractivity contribution is 5.95. The third kappa shape index (κ3) is 3.85. The normalized spacial score (nSPS) is 17.9. The fraction of sp³-hybridized carbons (Fsp3) is 0.476. The van der Waals surface area contributed by atoms with Crippen LogP contribution in [-0.4, -0.2) is 48.6 Å². The van der Waals surface area contributed by atoms with Crippen molar-refractivity contribution in [3.05, 3.63) is 35.4 Å². The molecular formula is C21H27N9O. The largest absolute Gasteiger partial charge is 0.331 e. The van der Waals surface area contributed by atoms with E-state index in [9.17, 15) is 4.79 Å². The van der Waals surface area contributed by atoms with Crippen LogP contribution in [0.15, 0.2) is 18.5 Å². The number of nitrogens with zero attached hydrogens (tertiary/aromatic N) is 5. The first-order chi connectivity index (χ1) is 15.1. The SMILES string of the molecule is CC(C)c1cc(Nc2nc(N3CCCC3C(=O)Nc3ncc[nH]3)nc3c2CCC3)n[nH]1. The molecular weight excluding hydrogens is 394 g/mol. The summed E-state index contributed by atoms with van der Waals surface area (Å²) in [5, 5.41) is 13.7. The Hall–Kier alpha value is -3.43. The van der Waals surface area contributed by atoms with Crippen molar-refractivity contribution in [2.45, 2.75) is 57.9 Å². The van der Waals surface area contributed by atoms with Crippen LogP contribution >= 0.6 is 0 Å². The topological polar surface area (TPSA) is 128 Å². The number of aromatic amines is 2. The molecule has 10 heteroatoms. The Labute approximate surface area is 180 Å².